The first-order valence-electron chi connectivity index (χ1n) is 7.23. The summed E-state index contributed by atoms with van der Waals surface area (Å²) in [5.41, 5.74) is 0. The summed E-state index contributed by atoms with van der Waals surface area (Å²) in [4.78, 5) is 26.2. The number of carbonyl (C=O) groups excluding carboxylic acids is 2. The van der Waals surface area contributed by atoms with Crippen LogP contribution < -0.4 is 0 Å². The lowest BCUT2D eigenvalue weighted by Gasteiger charge is -2.20. The number of amides is 2. The van der Waals surface area contributed by atoms with Gasteiger partial charge in [0.15, 0.2) is 0 Å². The van der Waals surface area contributed by atoms with E-state index in [1.807, 2.05) is 44.2 Å². The van der Waals surface area contributed by atoms with Crippen molar-refractivity contribution >= 4 is 39.5 Å². The first-order chi connectivity index (χ1) is 10.6. The van der Waals surface area contributed by atoms with Gasteiger partial charge < -0.3 is 4.74 Å². The molecule has 1 atom stereocenters. The van der Waals surface area contributed by atoms with E-state index in [9.17, 15) is 9.59 Å². The van der Waals surface area contributed by atoms with Gasteiger partial charge in [-0.05, 0) is 29.5 Å². The summed E-state index contributed by atoms with van der Waals surface area (Å²) in [5.74, 6) is -0.146. The molecule has 114 valence electrons. The van der Waals surface area contributed by atoms with Crippen molar-refractivity contribution < 1.29 is 14.3 Å². The fourth-order valence-electron chi connectivity index (χ4n) is 2.50. The van der Waals surface area contributed by atoms with Gasteiger partial charge in [0.1, 0.15) is 6.61 Å². The summed E-state index contributed by atoms with van der Waals surface area (Å²) in [7, 11) is 0. The molecule has 1 aliphatic rings. The second-order valence-corrected chi connectivity index (χ2v) is 6.73. The van der Waals surface area contributed by atoms with E-state index >= 15 is 0 Å². The van der Waals surface area contributed by atoms with E-state index in [1.165, 1.54) is 15.7 Å². The van der Waals surface area contributed by atoms with Crippen LogP contribution in [0.5, 0.6) is 0 Å². The van der Waals surface area contributed by atoms with Crippen LogP contribution in [0.4, 0.5) is 4.79 Å². The molecule has 0 aliphatic carbocycles. The first kappa shape index (κ1) is 14.8. The second-order valence-electron chi connectivity index (χ2n) is 5.62. The molecule has 1 aliphatic heterocycles. The average molecular weight is 315 g/mol. The molecule has 1 aromatic carbocycles. The van der Waals surface area contributed by atoms with E-state index in [4.69, 9.17) is 4.74 Å². The van der Waals surface area contributed by atoms with Crippen molar-refractivity contribution in [1.29, 1.82) is 0 Å². The number of hydrogen-bond donors (Lipinski definition) is 0. The molecule has 1 saturated heterocycles. The Bertz CT molecular complexity index is 714. The highest BCUT2D eigenvalue weighted by molar-refractivity contribution is 7.19. The van der Waals surface area contributed by atoms with Crippen molar-refractivity contribution in [2.45, 2.75) is 19.9 Å². The highest BCUT2D eigenvalue weighted by atomic mass is 32.1. The molecule has 3 rings (SSSR count). The maximum absolute atomic E-state index is 12.3. The third kappa shape index (κ3) is 2.76. The standard InChI is InChI=1S/C17H17NO3S/c1-11(2)14-10-21-17(20)18(14)16(19)8-7-13-9-12-5-3-4-6-15(12)22-13/h3-9,11,14H,10H2,1-2H3/b8-7+/t14-/m1/s1. The zero-order valence-electron chi connectivity index (χ0n) is 12.5. The van der Waals surface area contributed by atoms with E-state index in [-0.39, 0.29) is 24.5 Å². The summed E-state index contributed by atoms with van der Waals surface area (Å²) in [6.45, 7) is 4.23. The fourth-order valence-corrected chi connectivity index (χ4v) is 3.47. The van der Waals surface area contributed by atoms with Crippen molar-refractivity contribution in [3.8, 4) is 0 Å². The lowest BCUT2D eigenvalue weighted by Crippen LogP contribution is -2.40. The quantitative estimate of drug-likeness (QED) is 0.807. The van der Waals surface area contributed by atoms with E-state index in [0.29, 0.717) is 0 Å². The molecule has 0 saturated carbocycles. The van der Waals surface area contributed by atoms with Gasteiger partial charge in [0.2, 0.25) is 0 Å². The van der Waals surface area contributed by atoms with Crippen molar-refractivity contribution in [3.63, 3.8) is 0 Å². The monoisotopic (exact) mass is 315 g/mol. The van der Waals surface area contributed by atoms with Crippen LogP contribution in [0.15, 0.2) is 36.4 Å². The molecule has 22 heavy (non-hydrogen) atoms. The van der Waals surface area contributed by atoms with Crippen LogP contribution in [-0.4, -0.2) is 29.5 Å². The van der Waals surface area contributed by atoms with Gasteiger partial charge in [-0.2, -0.15) is 0 Å². The molecule has 1 aromatic heterocycles. The zero-order chi connectivity index (χ0) is 15.7. The van der Waals surface area contributed by atoms with Gasteiger partial charge in [0.25, 0.3) is 5.91 Å². The summed E-state index contributed by atoms with van der Waals surface area (Å²) in [5, 5.41) is 1.15. The summed E-state index contributed by atoms with van der Waals surface area (Å²) < 4.78 is 6.17. The second kappa shape index (κ2) is 5.93. The Hall–Kier alpha value is -2.14. The minimum atomic E-state index is -0.551. The SMILES string of the molecule is CC(C)[C@H]1COC(=O)N1C(=O)/C=C/c1cc2ccccc2s1. The number of hydrogen-bond acceptors (Lipinski definition) is 4. The Morgan fingerprint density at radius 2 is 2.18 bits per heavy atom. The predicted octanol–water partition coefficient (Wildman–Crippen LogP) is 3.92. The summed E-state index contributed by atoms with van der Waals surface area (Å²) in [6, 6.07) is 9.91. The third-order valence-electron chi connectivity index (χ3n) is 3.75. The Morgan fingerprint density at radius 1 is 1.41 bits per heavy atom. The van der Waals surface area contributed by atoms with Crippen molar-refractivity contribution in [1.82, 2.24) is 4.90 Å². The summed E-state index contributed by atoms with van der Waals surface area (Å²) >= 11 is 1.62. The molecule has 2 heterocycles. The van der Waals surface area contributed by atoms with Gasteiger partial charge >= 0.3 is 6.09 Å². The van der Waals surface area contributed by atoms with Gasteiger partial charge in [0, 0.05) is 15.7 Å². The lowest BCUT2D eigenvalue weighted by atomic mass is 10.0. The maximum Gasteiger partial charge on any atom is 0.417 e. The molecule has 0 radical (unpaired) electrons. The van der Waals surface area contributed by atoms with Crippen LogP contribution in [0, 0.1) is 5.92 Å². The normalized spacial score (nSPS) is 18.6. The highest BCUT2D eigenvalue weighted by Crippen LogP contribution is 2.26. The number of nitrogens with zero attached hydrogens (tertiary/aromatic N) is 1. The summed E-state index contributed by atoms with van der Waals surface area (Å²) in [6.07, 6.45) is 2.66. The smallest absolute Gasteiger partial charge is 0.417 e. The molecule has 2 aromatic rings. The molecule has 0 N–H and O–H groups in total. The number of carbonyl (C=O) groups is 2. The molecule has 2 amide bonds. The largest absolute Gasteiger partial charge is 0.447 e. The van der Waals surface area contributed by atoms with Crippen LogP contribution >= 0.6 is 11.3 Å². The molecular weight excluding hydrogens is 298 g/mol. The molecule has 4 nitrogen and oxygen atoms in total. The average Bonchev–Trinajstić information content (AvgIpc) is 3.07. The van der Waals surface area contributed by atoms with Gasteiger partial charge in [-0.25, -0.2) is 9.69 Å². The Kier molecular flexibility index (Phi) is 3.98. The van der Waals surface area contributed by atoms with Gasteiger partial charge in [0.05, 0.1) is 6.04 Å². The van der Waals surface area contributed by atoms with Crippen LogP contribution in [0.3, 0.4) is 0 Å². The van der Waals surface area contributed by atoms with Crippen LogP contribution in [-0.2, 0) is 9.53 Å². The number of thiophene rings is 1. The van der Waals surface area contributed by atoms with Crippen molar-refractivity contribution in [3.05, 3.63) is 41.3 Å². The Morgan fingerprint density at radius 3 is 2.91 bits per heavy atom. The predicted molar refractivity (Wildman–Crippen MR) is 87.7 cm³/mol. The van der Waals surface area contributed by atoms with Crippen molar-refractivity contribution in [2.24, 2.45) is 5.92 Å². The number of benzene rings is 1. The number of ether oxygens (including phenoxy) is 1. The van der Waals surface area contributed by atoms with E-state index in [0.717, 1.165) is 10.3 Å². The number of imide groups is 1. The Labute approximate surface area is 133 Å². The first-order valence-corrected chi connectivity index (χ1v) is 8.04. The molecule has 1 fully saturated rings. The maximum atomic E-state index is 12.3. The number of fused-ring (bicyclic) bond motifs is 1. The third-order valence-corrected chi connectivity index (χ3v) is 4.83. The highest BCUT2D eigenvalue weighted by Gasteiger charge is 2.38. The van der Waals surface area contributed by atoms with E-state index in [2.05, 4.69) is 0 Å². The number of cyclic esters (lactones) is 1. The van der Waals surface area contributed by atoms with Crippen LogP contribution in [0.2, 0.25) is 0 Å². The van der Waals surface area contributed by atoms with Crippen LogP contribution in [0.1, 0.15) is 18.7 Å². The van der Waals surface area contributed by atoms with E-state index in [1.54, 1.807) is 17.4 Å². The van der Waals surface area contributed by atoms with Gasteiger partial charge in [-0.15, -0.1) is 11.3 Å². The Balaban J connectivity index is 1.79. The van der Waals surface area contributed by atoms with Gasteiger partial charge in [-0.1, -0.05) is 32.0 Å². The fraction of sp³-hybridized carbons (Fsp3) is 0.294. The van der Waals surface area contributed by atoms with Gasteiger partial charge in [-0.3, -0.25) is 4.79 Å². The molecule has 0 bridgehead atoms. The minimum absolute atomic E-state index is 0.174. The topological polar surface area (TPSA) is 46.6 Å². The zero-order valence-corrected chi connectivity index (χ0v) is 13.3. The number of rotatable bonds is 3. The van der Waals surface area contributed by atoms with Crippen molar-refractivity contribution in [2.75, 3.05) is 6.61 Å². The molecule has 5 heteroatoms. The molecule has 0 unspecified atom stereocenters. The van der Waals surface area contributed by atoms with Crippen LogP contribution in [0.25, 0.3) is 16.2 Å². The molecular formula is C17H17NO3S. The van der Waals surface area contributed by atoms with E-state index < -0.39 is 6.09 Å². The lowest BCUT2D eigenvalue weighted by molar-refractivity contribution is -0.124. The molecule has 0 spiro atoms. The minimum Gasteiger partial charge on any atom is -0.447 e.